The summed E-state index contributed by atoms with van der Waals surface area (Å²) in [6.45, 7) is 2.02. The number of ether oxygens (including phenoxy) is 1. The fourth-order valence-electron chi connectivity index (χ4n) is 2.03. The van der Waals surface area contributed by atoms with E-state index >= 15 is 0 Å². The predicted molar refractivity (Wildman–Crippen MR) is 70.6 cm³/mol. The second-order valence-electron chi connectivity index (χ2n) is 4.45. The van der Waals surface area contributed by atoms with Gasteiger partial charge in [0.25, 0.3) is 5.91 Å². The van der Waals surface area contributed by atoms with Crippen molar-refractivity contribution in [3.63, 3.8) is 0 Å². The minimum Gasteiger partial charge on any atom is -0.484 e. The van der Waals surface area contributed by atoms with E-state index in [0.29, 0.717) is 11.8 Å². The summed E-state index contributed by atoms with van der Waals surface area (Å²) in [5.41, 5.74) is 6.06. The van der Waals surface area contributed by atoms with Crippen molar-refractivity contribution >= 4 is 11.6 Å². The third-order valence-corrected chi connectivity index (χ3v) is 2.93. The lowest BCUT2D eigenvalue weighted by atomic mass is 10.1. The van der Waals surface area contributed by atoms with Crippen molar-refractivity contribution in [2.45, 2.75) is 18.9 Å². The van der Waals surface area contributed by atoms with Crippen LogP contribution in [0.1, 0.15) is 12.8 Å². The number of carbonyl (C=O) groups is 1. The van der Waals surface area contributed by atoms with Gasteiger partial charge in [-0.25, -0.2) is 0 Å². The molecule has 1 heterocycles. The first-order valence-electron chi connectivity index (χ1n) is 6.22. The van der Waals surface area contributed by atoms with E-state index in [1.54, 1.807) is 0 Å². The Morgan fingerprint density at radius 3 is 2.94 bits per heavy atom. The Bertz CT molecular complexity index is 403. The molecular formula is C13H19N3O2. The topological polar surface area (TPSA) is 76.4 Å². The molecule has 1 aliphatic rings. The van der Waals surface area contributed by atoms with Crippen LogP contribution in [-0.4, -0.2) is 31.6 Å². The maximum Gasteiger partial charge on any atom is 0.255 e. The van der Waals surface area contributed by atoms with Gasteiger partial charge in [0, 0.05) is 17.8 Å². The summed E-state index contributed by atoms with van der Waals surface area (Å²) < 4.78 is 5.27. The molecule has 18 heavy (non-hydrogen) atoms. The standard InChI is InChI=1S/C13H19N3O2/c14-13(17)9-18-12-3-1-2-11(8-12)16-10-4-6-15-7-5-10/h1-3,8,10,15-16H,4-7,9H2,(H2,14,17). The zero-order valence-electron chi connectivity index (χ0n) is 10.3. The largest absolute Gasteiger partial charge is 0.484 e. The van der Waals surface area contributed by atoms with E-state index in [4.69, 9.17) is 10.5 Å². The van der Waals surface area contributed by atoms with Crippen LogP contribution < -0.4 is 21.1 Å². The van der Waals surface area contributed by atoms with Crippen molar-refractivity contribution in [2.24, 2.45) is 5.73 Å². The number of benzene rings is 1. The van der Waals surface area contributed by atoms with Crippen LogP contribution in [0.4, 0.5) is 5.69 Å². The highest BCUT2D eigenvalue weighted by Crippen LogP contribution is 2.19. The van der Waals surface area contributed by atoms with Gasteiger partial charge < -0.3 is 21.1 Å². The molecule has 5 nitrogen and oxygen atoms in total. The highest BCUT2D eigenvalue weighted by Gasteiger charge is 2.12. The van der Waals surface area contributed by atoms with E-state index in [9.17, 15) is 4.79 Å². The molecule has 1 saturated heterocycles. The molecular weight excluding hydrogens is 230 g/mol. The molecule has 0 unspecified atom stereocenters. The normalized spacial score (nSPS) is 16.2. The first-order valence-corrected chi connectivity index (χ1v) is 6.22. The maximum absolute atomic E-state index is 10.6. The van der Waals surface area contributed by atoms with Crippen LogP contribution in [0.5, 0.6) is 5.75 Å². The molecule has 0 atom stereocenters. The van der Waals surface area contributed by atoms with Crippen LogP contribution in [0.2, 0.25) is 0 Å². The van der Waals surface area contributed by atoms with Gasteiger partial charge in [0.15, 0.2) is 6.61 Å². The van der Waals surface area contributed by atoms with Crippen LogP contribution in [-0.2, 0) is 4.79 Å². The Morgan fingerprint density at radius 1 is 1.44 bits per heavy atom. The van der Waals surface area contributed by atoms with Crippen molar-refractivity contribution in [3.05, 3.63) is 24.3 Å². The van der Waals surface area contributed by atoms with Crippen LogP contribution >= 0.6 is 0 Å². The van der Waals surface area contributed by atoms with Crippen LogP contribution in [0, 0.1) is 0 Å². The van der Waals surface area contributed by atoms with Gasteiger partial charge in [0.1, 0.15) is 5.75 Å². The molecule has 5 heteroatoms. The average Bonchev–Trinajstić information content (AvgIpc) is 2.38. The first-order chi connectivity index (χ1) is 8.74. The lowest BCUT2D eigenvalue weighted by molar-refractivity contribution is -0.119. The number of piperidine rings is 1. The van der Waals surface area contributed by atoms with Crippen molar-refractivity contribution in [1.29, 1.82) is 0 Å². The molecule has 0 spiro atoms. The Kier molecular flexibility index (Phi) is 4.41. The highest BCUT2D eigenvalue weighted by molar-refractivity contribution is 5.75. The SMILES string of the molecule is NC(=O)COc1cccc(NC2CCNCC2)c1. The fraction of sp³-hybridized carbons (Fsp3) is 0.462. The van der Waals surface area contributed by atoms with Gasteiger partial charge in [-0.05, 0) is 38.1 Å². The van der Waals surface area contributed by atoms with Gasteiger partial charge in [0.05, 0.1) is 0 Å². The van der Waals surface area contributed by atoms with Gasteiger partial charge >= 0.3 is 0 Å². The average molecular weight is 249 g/mol. The Balaban J connectivity index is 1.91. The molecule has 1 amide bonds. The summed E-state index contributed by atoms with van der Waals surface area (Å²) >= 11 is 0. The minimum atomic E-state index is -0.466. The lowest BCUT2D eigenvalue weighted by Crippen LogP contribution is -2.35. The fourth-order valence-corrected chi connectivity index (χ4v) is 2.03. The number of primary amides is 1. The number of carbonyl (C=O) groups excluding carboxylic acids is 1. The lowest BCUT2D eigenvalue weighted by Gasteiger charge is -2.24. The molecule has 0 bridgehead atoms. The number of hydrogen-bond acceptors (Lipinski definition) is 4. The highest BCUT2D eigenvalue weighted by atomic mass is 16.5. The van der Waals surface area contributed by atoms with Gasteiger partial charge in [-0.2, -0.15) is 0 Å². The number of nitrogens with one attached hydrogen (secondary N) is 2. The van der Waals surface area contributed by atoms with Crippen LogP contribution in [0.3, 0.4) is 0 Å². The summed E-state index contributed by atoms with van der Waals surface area (Å²) in [6.07, 6.45) is 2.23. The first kappa shape index (κ1) is 12.7. The molecule has 1 fully saturated rings. The van der Waals surface area contributed by atoms with E-state index in [1.807, 2.05) is 24.3 Å². The third kappa shape index (κ3) is 3.92. The number of anilines is 1. The zero-order valence-corrected chi connectivity index (χ0v) is 10.3. The van der Waals surface area contributed by atoms with E-state index in [-0.39, 0.29) is 6.61 Å². The number of nitrogens with two attached hydrogens (primary N) is 1. The quantitative estimate of drug-likeness (QED) is 0.718. The summed E-state index contributed by atoms with van der Waals surface area (Å²) in [5, 5.41) is 6.80. The molecule has 0 aliphatic carbocycles. The molecule has 0 radical (unpaired) electrons. The molecule has 4 N–H and O–H groups in total. The smallest absolute Gasteiger partial charge is 0.255 e. The monoisotopic (exact) mass is 249 g/mol. The number of hydrogen-bond donors (Lipinski definition) is 3. The molecule has 1 aromatic carbocycles. The summed E-state index contributed by atoms with van der Waals surface area (Å²) in [6, 6.07) is 8.11. The predicted octanol–water partition coefficient (Wildman–Crippen LogP) is 0.715. The maximum atomic E-state index is 10.6. The number of rotatable bonds is 5. The van der Waals surface area contributed by atoms with Crippen LogP contribution in [0.15, 0.2) is 24.3 Å². The van der Waals surface area contributed by atoms with Crippen molar-refractivity contribution in [1.82, 2.24) is 5.32 Å². The van der Waals surface area contributed by atoms with E-state index in [2.05, 4.69) is 10.6 Å². The second kappa shape index (κ2) is 6.26. The molecule has 2 rings (SSSR count). The Labute approximate surface area is 107 Å². The Morgan fingerprint density at radius 2 is 2.22 bits per heavy atom. The molecule has 1 aromatic rings. The third-order valence-electron chi connectivity index (χ3n) is 2.93. The van der Waals surface area contributed by atoms with Crippen LogP contribution in [0.25, 0.3) is 0 Å². The van der Waals surface area contributed by atoms with Gasteiger partial charge in [-0.3, -0.25) is 4.79 Å². The zero-order chi connectivity index (χ0) is 12.8. The molecule has 0 aromatic heterocycles. The van der Waals surface area contributed by atoms with Gasteiger partial charge in [-0.1, -0.05) is 6.07 Å². The van der Waals surface area contributed by atoms with Gasteiger partial charge in [0.2, 0.25) is 0 Å². The number of amides is 1. The summed E-state index contributed by atoms with van der Waals surface area (Å²) in [7, 11) is 0. The van der Waals surface area contributed by atoms with Crippen molar-refractivity contribution in [2.75, 3.05) is 25.0 Å². The summed E-state index contributed by atoms with van der Waals surface area (Å²) in [4.78, 5) is 10.6. The van der Waals surface area contributed by atoms with Gasteiger partial charge in [-0.15, -0.1) is 0 Å². The molecule has 1 aliphatic heterocycles. The Hall–Kier alpha value is -1.75. The van der Waals surface area contributed by atoms with E-state index in [1.165, 1.54) is 0 Å². The van der Waals surface area contributed by atoms with Crippen molar-refractivity contribution in [3.8, 4) is 5.75 Å². The molecule has 0 saturated carbocycles. The van der Waals surface area contributed by atoms with Crippen molar-refractivity contribution < 1.29 is 9.53 Å². The van der Waals surface area contributed by atoms with E-state index in [0.717, 1.165) is 31.6 Å². The van der Waals surface area contributed by atoms with E-state index < -0.39 is 5.91 Å². The molecule has 98 valence electrons. The summed E-state index contributed by atoms with van der Waals surface area (Å²) in [5.74, 6) is 0.194. The second-order valence-corrected chi connectivity index (χ2v) is 4.45. The minimum absolute atomic E-state index is 0.0865.